The fourth-order valence-corrected chi connectivity index (χ4v) is 3.71. The van der Waals surface area contributed by atoms with Crippen LogP contribution in [0.2, 0.25) is 0 Å². The lowest BCUT2D eigenvalue weighted by molar-refractivity contribution is -0.0360. The molecule has 1 aliphatic heterocycles. The second kappa shape index (κ2) is 8.44. The fourth-order valence-electron chi connectivity index (χ4n) is 3.71. The monoisotopic (exact) mass is 391 g/mol. The molecule has 0 atom stereocenters. The van der Waals surface area contributed by atoms with E-state index in [4.69, 9.17) is 9.15 Å². The van der Waals surface area contributed by atoms with E-state index in [9.17, 15) is 5.11 Å². The quantitative estimate of drug-likeness (QED) is 0.699. The highest BCUT2D eigenvalue weighted by atomic mass is 35.5. The zero-order valence-corrected chi connectivity index (χ0v) is 16.3. The van der Waals surface area contributed by atoms with Crippen LogP contribution in [0.5, 0.6) is 0 Å². The average Bonchev–Trinajstić information content (AvgIpc) is 3.25. The highest BCUT2D eigenvalue weighted by molar-refractivity contribution is 5.85. The molecule has 6 nitrogen and oxygen atoms in total. The Morgan fingerprint density at radius 2 is 1.96 bits per heavy atom. The normalized spacial score (nSPS) is 17.1. The van der Waals surface area contributed by atoms with Crippen molar-refractivity contribution in [3.63, 3.8) is 0 Å². The van der Waals surface area contributed by atoms with Crippen molar-refractivity contribution in [3.05, 3.63) is 54.2 Å². The van der Waals surface area contributed by atoms with Gasteiger partial charge in [0.05, 0.1) is 29.7 Å². The third-order valence-electron chi connectivity index (χ3n) is 5.17. The average molecular weight is 392 g/mol. The molecule has 4 rings (SSSR count). The third-order valence-corrected chi connectivity index (χ3v) is 5.17. The zero-order chi connectivity index (χ0) is 18.0. The largest absolute Gasteiger partial charge is 0.462 e. The van der Waals surface area contributed by atoms with E-state index < -0.39 is 5.60 Å². The minimum Gasteiger partial charge on any atom is -0.462 e. The number of furan rings is 1. The van der Waals surface area contributed by atoms with Gasteiger partial charge in [-0.25, -0.2) is 0 Å². The molecule has 0 amide bonds. The molecule has 0 bridgehead atoms. The predicted molar refractivity (Wildman–Crippen MR) is 106 cm³/mol. The van der Waals surface area contributed by atoms with Crippen LogP contribution in [0, 0.1) is 0 Å². The number of halogens is 1. The van der Waals surface area contributed by atoms with Crippen LogP contribution in [0.15, 0.2) is 47.1 Å². The number of ether oxygens (including phenoxy) is 1. The molecule has 1 aliphatic rings. The minimum absolute atomic E-state index is 0. The van der Waals surface area contributed by atoms with Crippen LogP contribution >= 0.6 is 12.4 Å². The van der Waals surface area contributed by atoms with Crippen LogP contribution in [0.1, 0.15) is 24.4 Å². The number of aromatic nitrogens is 2. The number of hydrogen-bond acceptors (Lipinski definition) is 5. The van der Waals surface area contributed by atoms with Gasteiger partial charge in [0.15, 0.2) is 0 Å². The Bertz CT molecular complexity index is 868. The summed E-state index contributed by atoms with van der Waals surface area (Å²) in [7, 11) is 1.66. The molecule has 0 spiro atoms. The van der Waals surface area contributed by atoms with Gasteiger partial charge in [-0.1, -0.05) is 0 Å². The molecular formula is C20H26ClN3O3. The van der Waals surface area contributed by atoms with Gasteiger partial charge in [-0.15, -0.1) is 12.4 Å². The van der Waals surface area contributed by atoms with E-state index in [1.807, 2.05) is 30.5 Å². The number of piperidine rings is 1. The van der Waals surface area contributed by atoms with Crippen LogP contribution < -0.4 is 0 Å². The Balaban J connectivity index is 0.00000210. The summed E-state index contributed by atoms with van der Waals surface area (Å²) < 4.78 is 13.0. The van der Waals surface area contributed by atoms with E-state index >= 15 is 0 Å². The van der Waals surface area contributed by atoms with Crippen molar-refractivity contribution in [1.82, 2.24) is 14.5 Å². The highest BCUT2D eigenvalue weighted by Gasteiger charge is 2.33. The molecule has 3 aromatic rings. The fraction of sp³-hybridized carbons (Fsp3) is 0.450. The van der Waals surface area contributed by atoms with E-state index in [0.29, 0.717) is 13.2 Å². The first-order chi connectivity index (χ1) is 12.6. The van der Waals surface area contributed by atoms with Crippen molar-refractivity contribution in [2.24, 2.45) is 0 Å². The highest BCUT2D eigenvalue weighted by Crippen LogP contribution is 2.27. The van der Waals surface area contributed by atoms with Crippen molar-refractivity contribution < 1.29 is 14.3 Å². The molecule has 0 saturated carbocycles. The first-order valence-corrected chi connectivity index (χ1v) is 9.06. The molecule has 146 valence electrons. The maximum Gasteiger partial charge on any atom is 0.129 e. The molecule has 0 unspecified atom stereocenters. The lowest BCUT2D eigenvalue weighted by Crippen LogP contribution is -2.46. The molecule has 7 heteroatoms. The van der Waals surface area contributed by atoms with E-state index in [1.165, 1.54) is 0 Å². The molecule has 0 aliphatic carbocycles. The maximum atomic E-state index is 11.1. The number of pyridine rings is 1. The van der Waals surface area contributed by atoms with Gasteiger partial charge in [0.2, 0.25) is 0 Å². The Morgan fingerprint density at radius 1 is 1.19 bits per heavy atom. The van der Waals surface area contributed by atoms with Crippen LogP contribution in [0.4, 0.5) is 0 Å². The van der Waals surface area contributed by atoms with Gasteiger partial charge in [-0.2, -0.15) is 0 Å². The number of aliphatic hydroxyl groups is 1. The van der Waals surface area contributed by atoms with E-state index in [-0.39, 0.29) is 12.4 Å². The lowest BCUT2D eigenvalue weighted by Gasteiger charge is -2.38. The maximum absolute atomic E-state index is 11.1. The zero-order valence-electron chi connectivity index (χ0n) is 15.5. The smallest absolute Gasteiger partial charge is 0.129 e. The third kappa shape index (κ3) is 4.52. The van der Waals surface area contributed by atoms with Crippen LogP contribution in [-0.4, -0.2) is 45.4 Å². The van der Waals surface area contributed by atoms with Crippen LogP contribution in [0.3, 0.4) is 0 Å². The molecule has 3 aromatic heterocycles. The molecular weight excluding hydrogens is 366 g/mol. The number of fused-ring (bicyclic) bond motifs is 1. The number of hydrogen-bond donors (Lipinski definition) is 1. The van der Waals surface area contributed by atoms with Crippen molar-refractivity contribution in [3.8, 4) is 0 Å². The molecule has 1 fully saturated rings. The predicted octanol–water partition coefficient (Wildman–Crippen LogP) is 3.22. The summed E-state index contributed by atoms with van der Waals surface area (Å²) in [4.78, 5) is 6.69. The van der Waals surface area contributed by atoms with Crippen LogP contribution in [0.25, 0.3) is 11.0 Å². The van der Waals surface area contributed by atoms with Gasteiger partial charge in [-0.3, -0.25) is 9.88 Å². The first kappa shape index (κ1) is 19.9. The number of rotatable bonds is 6. The molecule has 4 heterocycles. The van der Waals surface area contributed by atoms with Gasteiger partial charge < -0.3 is 18.8 Å². The Labute approximate surface area is 165 Å². The summed E-state index contributed by atoms with van der Waals surface area (Å²) in [5.74, 6) is 1.80. The van der Waals surface area contributed by atoms with Gasteiger partial charge in [0, 0.05) is 32.6 Å². The van der Waals surface area contributed by atoms with Crippen molar-refractivity contribution >= 4 is 23.4 Å². The van der Waals surface area contributed by atoms with Crippen molar-refractivity contribution in [2.75, 3.05) is 20.2 Å². The van der Waals surface area contributed by atoms with Gasteiger partial charge in [0.1, 0.15) is 18.1 Å². The Morgan fingerprint density at radius 3 is 2.74 bits per heavy atom. The summed E-state index contributed by atoms with van der Waals surface area (Å²) in [6, 6.07) is 9.96. The summed E-state index contributed by atoms with van der Waals surface area (Å²) in [6.07, 6.45) is 5.31. The van der Waals surface area contributed by atoms with E-state index in [2.05, 4.69) is 20.5 Å². The van der Waals surface area contributed by atoms with Crippen molar-refractivity contribution in [1.29, 1.82) is 0 Å². The number of methoxy groups -OCH3 is 1. The number of nitrogens with zero attached hydrogens (tertiary/aromatic N) is 3. The summed E-state index contributed by atoms with van der Waals surface area (Å²) in [5.41, 5.74) is 1.37. The SMILES string of the molecule is COCc1ccc(CN2CCC(O)(Cn3ccc4ncccc43)CC2)o1.Cl. The van der Waals surface area contributed by atoms with E-state index in [1.54, 1.807) is 13.3 Å². The summed E-state index contributed by atoms with van der Waals surface area (Å²) in [6.45, 7) is 3.59. The minimum atomic E-state index is -0.678. The second-order valence-electron chi connectivity index (χ2n) is 7.15. The number of likely N-dealkylation sites (tertiary alicyclic amines) is 1. The summed E-state index contributed by atoms with van der Waals surface area (Å²) >= 11 is 0. The molecule has 0 radical (unpaired) electrons. The molecule has 0 aromatic carbocycles. The molecule has 1 N–H and O–H groups in total. The van der Waals surface area contributed by atoms with Gasteiger partial charge in [-0.05, 0) is 43.2 Å². The van der Waals surface area contributed by atoms with Crippen LogP contribution in [-0.2, 0) is 24.4 Å². The van der Waals surface area contributed by atoms with Gasteiger partial charge >= 0.3 is 0 Å². The molecule has 1 saturated heterocycles. The van der Waals surface area contributed by atoms with Gasteiger partial charge in [0.25, 0.3) is 0 Å². The topological polar surface area (TPSA) is 63.7 Å². The van der Waals surface area contributed by atoms with Crippen molar-refractivity contribution in [2.45, 2.75) is 38.1 Å². The standard InChI is InChI=1S/C20H25N3O3.ClH/c1-25-14-17-5-4-16(26-17)13-22-11-7-20(24,8-12-22)15-23-10-6-18-19(23)3-2-9-21-18;/h2-6,9-10,24H,7-8,11-15H2,1H3;1H. The first-order valence-electron chi connectivity index (χ1n) is 9.06. The van der Waals surface area contributed by atoms with E-state index in [0.717, 1.165) is 55.0 Å². The lowest BCUT2D eigenvalue weighted by atomic mass is 9.91. The summed E-state index contributed by atoms with van der Waals surface area (Å²) in [5, 5.41) is 11.1. The molecule has 27 heavy (non-hydrogen) atoms. The Hall–Kier alpha value is -1.86. The Kier molecular flexibility index (Phi) is 6.22. The second-order valence-corrected chi connectivity index (χ2v) is 7.15.